The van der Waals surface area contributed by atoms with Crippen molar-refractivity contribution in [3.63, 3.8) is 0 Å². The maximum absolute atomic E-state index is 9.32. The molecule has 0 spiro atoms. The number of aliphatic hydroxyl groups excluding tert-OH is 1. The highest BCUT2D eigenvalue weighted by Gasteiger charge is 2.33. The van der Waals surface area contributed by atoms with Crippen molar-refractivity contribution in [1.82, 2.24) is 0 Å². The molecule has 1 aromatic carbocycles. The summed E-state index contributed by atoms with van der Waals surface area (Å²) in [6.45, 7) is 5.21. The molecule has 13 heavy (non-hydrogen) atoms. The molecule has 0 fully saturated rings. The predicted octanol–water partition coefficient (Wildman–Crippen LogP) is 1.67. The summed E-state index contributed by atoms with van der Waals surface area (Å²) in [6, 6.07) is 6.34. The third-order valence-corrected chi connectivity index (χ3v) is 2.84. The lowest BCUT2D eigenvalue weighted by Crippen LogP contribution is -2.28. The minimum absolute atomic E-state index is 0.0959. The smallest absolute Gasteiger partial charge is 0.0543 e. The van der Waals surface area contributed by atoms with Crippen LogP contribution in [0.2, 0.25) is 0 Å². The average molecular weight is 177 g/mol. The maximum Gasteiger partial charge on any atom is 0.0543 e. The number of benzene rings is 1. The zero-order valence-corrected chi connectivity index (χ0v) is 8.09. The first kappa shape index (κ1) is 8.57. The summed E-state index contributed by atoms with van der Waals surface area (Å²) < 4.78 is 0. The normalized spacial score (nSPS) is 25.5. The second-order valence-corrected chi connectivity index (χ2v) is 4.12. The molecular weight excluding hydrogens is 162 g/mol. The van der Waals surface area contributed by atoms with Gasteiger partial charge in [0.2, 0.25) is 0 Å². The van der Waals surface area contributed by atoms with Gasteiger partial charge in [-0.15, -0.1) is 0 Å². The molecule has 2 nitrogen and oxygen atoms in total. The summed E-state index contributed by atoms with van der Waals surface area (Å²) in [5, 5.41) is 12.6. The highest BCUT2D eigenvalue weighted by atomic mass is 16.3. The molecule has 0 bridgehead atoms. The molecule has 0 aromatic heterocycles. The van der Waals surface area contributed by atoms with Crippen LogP contribution < -0.4 is 5.32 Å². The van der Waals surface area contributed by atoms with Crippen molar-refractivity contribution in [1.29, 1.82) is 0 Å². The fourth-order valence-electron chi connectivity index (χ4n) is 1.84. The van der Waals surface area contributed by atoms with Crippen molar-refractivity contribution in [3.05, 3.63) is 29.3 Å². The molecule has 1 unspecified atom stereocenters. The van der Waals surface area contributed by atoms with E-state index in [-0.39, 0.29) is 12.0 Å². The number of rotatable bonds is 1. The Bertz CT molecular complexity index is 335. The van der Waals surface area contributed by atoms with Crippen LogP contribution in [0.5, 0.6) is 0 Å². The van der Waals surface area contributed by atoms with Crippen molar-refractivity contribution in [2.75, 3.05) is 18.5 Å². The third-order valence-electron chi connectivity index (χ3n) is 2.84. The molecule has 0 saturated carbocycles. The van der Waals surface area contributed by atoms with E-state index >= 15 is 0 Å². The van der Waals surface area contributed by atoms with Gasteiger partial charge in [-0.1, -0.05) is 24.6 Å². The SMILES string of the molecule is Cc1ccc2c(c1)C(C)(CO)CN2. The summed E-state index contributed by atoms with van der Waals surface area (Å²) in [6.07, 6.45) is 0. The molecule has 0 aliphatic carbocycles. The predicted molar refractivity (Wildman–Crippen MR) is 54.1 cm³/mol. The summed E-state index contributed by atoms with van der Waals surface area (Å²) in [5.74, 6) is 0. The second-order valence-electron chi connectivity index (χ2n) is 4.12. The lowest BCUT2D eigenvalue weighted by Gasteiger charge is -2.20. The van der Waals surface area contributed by atoms with Gasteiger partial charge in [-0.2, -0.15) is 0 Å². The van der Waals surface area contributed by atoms with Crippen molar-refractivity contribution in [2.45, 2.75) is 19.3 Å². The van der Waals surface area contributed by atoms with Gasteiger partial charge in [0, 0.05) is 17.6 Å². The van der Waals surface area contributed by atoms with Gasteiger partial charge in [0.1, 0.15) is 0 Å². The molecule has 70 valence electrons. The third kappa shape index (κ3) is 1.22. The van der Waals surface area contributed by atoms with Gasteiger partial charge in [-0.3, -0.25) is 0 Å². The van der Waals surface area contributed by atoms with Crippen LogP contribution in [0.1, 0.15) is 18.1 Å². The highest BCUT2D eigenvalue weighted by molar-refractivity contribution is 5.61. The lowest BCUT2D eigenvalue weighted by atomic mass is 9.85. The number of anilines is 1. The molecule has 0 saturated heterocycles. The van der Waals surface area contributed by atoms with Gasteiger partial charge in [-0.05, 0) is 18.6 Å². The second kappa shape index (κ2) is 2.74. The van der Waals surface area contributed by atoms with Gasteiger partial charge < -0.3 is 10.4 Å². The van der Waals surface area contributed by atoms with Crippen molar-refractivity contribution >= 4 is 5.69 Å². The molecule has 0 radical (unpaired) electrons. The average Bonchev–Trinajstić information content (AvgIpc) is 2.45. The van der Waals surface area contributed by atoms with E-state index in [0.717, 1.165) is 6.54 Å². The number of hydrogen-bond acceptors (Lipinski definition) is 2. The van der Waals surface area contributed by atoms with Crippen molar-refractivity contribution in [3.8, 4) is 0 Å². The molecule has 2 N–H and O–H groups in total. The molecular formula is C11H15NO. The zero-order valence-electron chi connectivity index (χ0n) is 8.09. The van der Waals surface area contributed by atoms with E-state index in [1.54, 1.807) is 0 Å². The lowest BCUT2D eigenvalue weighted by molar-refractivity contribution is 0.218. The Morgan fingerprint density at radius 2 is 2.31 bits per heavy atom. The molecule has 2 heteroatoms. The molecule has 2 rings (SSSR count). The van der Waals surface area contributed by atoms with E-state index in [2.05, 4.69) is 37.4 Å². The quantitative estimate of drug-likeness (QED) is 0.684. The first-order valence-corrected chi connectivity index (χ1v) is 4.61. The number of aliphatic hydroxyl groups is 1. The van der Waals surface area contributed by atoms with Crippen LogP contribution in [0.25, 0.3) is 0 Å². The molecule has 1 heterocycles. The van der Waals surface area contributed by atoms with E-state index in [1.807, 2.05) is 0 Å². The van der Waals surface area contributed by atoms with Crippen LogP contribution in [-0.4, -0.2) is 18.3 Å². The molecule has 1 aliphatic rings. The van der Waals surface area contributed by atoms with E-state index < -0.39 is 0 Å². The topological polar surface area (TPSA) is 32.3 Å². The fourth-order valence-corrected chi connectivity index (χ4v) is 1.84. The van der Waals surface area contributed by atoms with Crippen LogP contribution in [0.15, 0.2) is 18.2 Å². The summed E-state index contributed by atoms with van der Waals surface area (Å²) >= 11 is 0. The Labute approximate surface area is 78.6 Å². The number of nitrogens with one attached hydrogen (secondary N) is 1. The summed E-state index contributed by atoms with van der Waals surface area (Å²) in [5.41, 5.74) is 3.57. The Balaban J connectivity index is 2.52. The van der Waals surface area contributed by atoms with Crippen LogP contribution >= 0.6 is 0 Å². The van der Waals surface area contributed by atoms with Crippen LogP contribution in [0.3, 0.4) is 0 Å². The Morgan fingerprint density at radius 1 is 1.54 bits per heavy atom. The monoisotopic (exact) mass is 177 g/mol. The Hall–Kier alpha value is -1.02. The van der Waals surface area contributed by atoms with E-state index in [1.165, 1.54) is 16.8 Å². The van der Waals surface area contributed by atoms with Crippen molar-refractivity contribution < 1.29 is 5.11 Å². The minimum atomic E-state index is -0.0959. The van der Waals surface area contributed by atoms with Gasteiger partial charge in [0.05, 0.1) is 6.61 Å². The fraction of sp³-hybridized carbons (Fsp3) is 0.455. The largest absolute Gasteiger partial charge is 0.395 e. The summed E-state index contributed by atoms with van der Waals surface area (Å²) in [4.78, 5) is 0. The van der Waals surface area contributed by atoms with Gasteiger partial charge in [-0.25, -0.2) is 0 Å². The van der Waals surface area contributed by atoms with Gasteiger partial charge >= 0.3 is 0 Å². The number of aryl methyl sites for hydroxylation is 1. The first-order valence-electron chi connectivity index (χ1n) is 4.61. The molecule has 1 aliphatic heterocycles. The highest BCUT2D eigenvalue weighted by Crippen LogP contribution is 2.36. The van der Waals surface area contributed by atoms with Crippen LogP contribution in [0, 0.1) is 6.92 Å². The number of fused-ring (bicyclic) bond motifs is 1. The first-order chi connectivity index (χ1) is 6.15. The van der Waals surface area contributed by atoms with Crippen LogP contribution in [-0.2, 0) is 5.41 Å². The number of hydrogen-bond donors (Lipinski definition) is 2. The Morgan fingerprint density at radius 3 is 3.00 bits per heavy atom. The molecule has 1 aromatic rings. The van der Waals surface area contributed by atoms with Gasteiger partial charge in [0.15, 0.2) is 0 Å². The standard InChI is InChI=1S/C11H15NO/c1-8-3-4-10-9(5-8)11(2,7-13)6-12-10/h3-5,12-13H,6-7H2,1-2H3. The van der Waals surface area contributed by atoms with E-state index in [4.69, 9.17) is 0 Å². The van der Waals surface area contributed by atoms with Gasteiger partial charge in [0.25, 0.3) is 0 Å². The van der Waals surface area contributed by atoms with E-state index in [0.29, 0.717) is 0 Å². The maximum atomic E-state index is 9.32. The van der Waals surface area contributed by atoms with E-state index in [9.17, 15) is 5.11 Å². The summed E-state index contributed by atoms with van der Waals surface area (Å²) in [7, 11) is 0. The Kier molecular flexibility index (Phi) is 1.81. The van der Waals surface area contributed by atoms with Crippen molar-refractivity contribution in [2.24, 2.45) is 0 Å². The molecule has 1 atom stereocenters. The zero-order chi connectivity index (χ0) is 9.47. The van der Waals surface area contributed by atoms with Crippen LogP contribution in [0.4, 0.5) is 5.69 Å². The molecule has 0 amide bonds. The minimum Gasteiger partial charge on any atom is -0.395 e.